The van der Waals surface area contributed by atoms with Gasteiger partial charge in [-0.15, -0.1) is 0 Å². The van der Waals surface area contributed by atoms with Crippen molar-refractivity contribution in [2.45, 2.75) is 111 Å². The Hall–Kier alpha value is -9.00. The number of rotatable bonds is 9. The van der Waals surface area contributed by atoms with Gasteiger partial charge in [-0.25, -0.2) is 0 Å². The summed E-state index contributed by atoms with van der Waals surface area (Å²) in [6.07, 6.45) is 21.3. The van der Waals surface area contributed by atoms with E-state index in [0.29, 0.717) is 0 Å². The van der Waals surface area contributed by atoms with Gasteiger partial charge in [-0.05, 0) is 161 Å². The molecule has 0 amide bonds. The van der Waals surface area contributed by atoms with Crippen LogP contribution in [0.1, 0.15) is 162 Å². The number of aromatic nitrogens is 6. The van der Waals surface area contributed by atoms with Crippen molar-refractivity contribution in [3.8, 4) is 0 Å². The zero-order chi connectivity index (χ0) is 55.5. The van der Waals surface area contributed by atoms with E-state index < -0.39 is 0 Å². The highest BCUT2D eigenvalue weighted by Crippen LogP contribution is 2.55. The monoisotopic (exact) mass is 1090 g/mol. The molecule has 0 radical (unpaired) electrons. The number of hydrogen-bond acceptors (Lipinski definition) is 6. The van der Waals surface area contributed by atoms with E-state index in [1.165, 1.54) is 115 Å². The van der Waals surface area contributed by atoms with Gasteiger partial charge in [0, 0.05) is 105 Å². The molecule has 13 aromatic rings. The maximum absolute atomic E-state index is 5.32. The summed E-state index contributed by atoms with van der Waals surface area (Å²) >= 11 is 0. The van der Waals surface area contributed by atoms with E-state index in [4.69, 9.17) is 29.9 Å². The van der Waals surface area contributed by atoms with E-state index in [1.54, 1.807) is 0 Å². The number of hydrogen-bond donors (Lipinski definition) is 0. The highest BCUT2D eigenvalue weighted by molar-refractivity contribution is 5.89. The Morgan fingerprint density at radius 3 is 0.548 bits per heavy atom. The fourth-order valence-corrected chi connectivity index (χ4v) is 16.3. The van der Waals surface area contributed by atoms with Crippen LogP contribution in [0.15, 0.2) is 237 Å². The second-order valence-corrected chi connectivity index (χ2v) is 24.8. The third kappa shape index (κ3) is 9.37. The number of fused-ring (bicyclic) bond motifs is 6. The molecule has 84 heavy (non-hydrogen) atoms. The summed E-state index contributed by atoms with van der Waals surface area (Å²) in [6, 6.07) is 74.5. The second-order valence-electron chi connectivity index (χ2n) is 24.8. The predicted molar refractivity (Wildman–Crippen MR) is 343 cm³/mol. The molecule has 16 rings (SSSR count). The second kappa shape index (κ2) is 21.6. The smallest absolute Gasteiger partial charge is 0.0513 e. The molecule has 0 bridgehead atoms. The van der Waals surface area contributed by atoms with E-state index in [1.807, 2.05) is 37.2 Å². The van der Waals surface area contributed by atoms with Crippen molar-refractivity contribution in [1.29, 1.82) is 0 Å². The van der Waals surface area contributed by atoms with Gasteiger partial charge >= 0.3 is 0 Å². The van der Waals surface area contributed by atoms with Crippen LogP contribution in [0.2, 0.25) is 0 Å². The van der Waals surface area contributed by atoms with E-state index in [0.717, 1.165) is 57.8 Å². The molecule has 0 spiro atoms. The lowest BCUT2D eigenvalue weighted by Gasteiger charge is -2.39. The SMILES string of the molecule is c1ccc2c(C3CC(c4cc(C5CC(c6nccc7ccccc67)CC(c6nccc7ccccc67)C5)cc(C5CC(c6nccc7ccccc67)CC(c6nccc7ccccc67)C5)c4)CC(c4nccc5ccccc45)C3)nccc2c1. The van der Waals surface area contributed by atoms with Crippen LogP contribution in [0.3, 0.4) is 0 Å². The number of pyridine rings is 6. The first kappa shape index (κ1) is 50.7. The first-order valence-electron chi connectivity index (χ1n) is 30.8. The summed E-state index contributed by atoms with van der Waals surface area (Å²) in [7, 11) is 0. The summed E-state index contributed by atoms with van der Waals surface area (Å²) in [5.41, 5.74) is 11.6. The van der Waals surface area contributed by atoms with E-state index >= 15 is 0 Å². The van der Waals surface area contributed by atoms with Crippen LogP contribution < -0.4 is 0 Å². The van der Waals surface area contributed by atoms with E-state index in [2.05, 4.69) is 200 Å². The topological polar surface area (TPSA) is 77.3 Å². The van der Waals surface area contributed by atoms with Crippen molar-refractivity contribution in [1.82, 2.24) is 29.9 Å². The lowest BCUT2D eigenvalue weighted by atomic mass is 9.66. The van der Waals surface area contributed by atoms with Gasteiger partial charge in [0.1, 0.15) is 0 Å². The molecule has 3 fully saturated rings. The van der Waals surface area contributed by atoms with Crippen molar-refractivity contribution >= 4 is 64.6 Å². The molecule has 6 heteroatoms. The van der Waals surface area contributed by atoms with Crippen molar-refractivity contribution < 1.29 is 0 Å². The number of nitrogens with zero attached hydrogens (tertiary/aromatic N) is 6. The fourth-order valence-electron chi connectivity index (χ4n) is 16.3. The summed E-state index contributed by atoms with van der Waals surface area (Å²) < 4.78 is 0. The van der Waals surface area contributed by atoms with Crippen LogP contribution in [0, 0.1) is 0 Å². The zero-order valence-electron chi connectivity index (χ0n) is 47.3. The molecular formula is C78H66N6. The van der Waals surface area contributed by atoms with Crippen molar-refractivity contribution in [2.24, 2.45) is 0 Å². The zero-order valence-corrected chi connectivity index (χ0v) is 47.3. The Labute approximate surface area is 491 Å². The van der Waals surface area contributed by atoms with Gasteiger partial charge in [0.15, 0.2) is 0 Å². The van der Waals surface area contributed by atoms with Gasteiger partial charge in [-0.3, -0.25) is 29.9 Å². The molecule has 7 aromatic carbocycles. The van der Waals surface area contributed by atoms with Crippen LogP contribution >= 0.6 is 0 Å². The quantitative estimate of drug-likeness (QED) is 0.143. The largest absolute Gasteiger partial charge is 0.260 e. The maximum atomic E-state index is 5.32. The average molecular weight is 1090 g/mol. The van der Waals surface area contributed by atoms with Gasteiger partial charge in [0.25, 0.3) is 0 Å². The Morgan fingerprint density at radius 1 is 0.190 bits per heavy atom. The third-order valence-electron chi connectivity index (χ3n) is 20.1. The minimum absolute atomic E-state index is 0.226. The van der Waals surface area contributed by atoms with Gasteiger partial charge in [0.05, 0.1) is 34.2 Å². The van der Waals surface area contributed by atoms with Crippen LogP contribution in [-0.2, 0) is 0 Å². The standard InChI is InChI=1S/C78H66N6/c1-7-19-67-49(13-1)25-31-79-73(67)61-40-58(41-62(46-61)74-68-20-8-2-14-50(68)26-32-80-74)55-37-56(59-42-63(75-69-21-9-3-15-51(69)27-33-81-75)47-64(43-59)76-70-22-10-4-16-52(70)28-34-82-76)39-57(38-55)60-44-65(77-71-23-11-5-17-53(71)29-35-83-77)48-66(45-60)78-72-24-12-6-18-54(72)30-36-84-78/h1-39,58-66H,40-48H2. The maximum Gasteiger partial charge on any atom is 0.0513 e. The van der Waals surface area contributed by atoms with Gasteiger partial charge in [-0.2, -0.15) is 0 Å². The molecule has 6 nitrogen and oxygen atoms in total. The molecule has 3 saturated carbocycles. The number of benzene rings is 7. The summed E-state index contributed by atoms with van der Waals surface area (Å²) in [6.45, 7) is 0. The van der Waals surface area contributed by atoms with Crippen LogP contribution in [0.4, 0.5) is 0 Å². The highest BCUT2D eigenvalue weighted by atomic mass is 14.7. The lowest BCUT2D eigenvalue weighted by Crippen LogP contribution is -2.24. The molecule has 6 heterocycles. The van der Waals surface area contributed by atoms with Gasteiger partial charge in [0.2, 0.25) is 0 Å². The van der Waals surface area contributed by atoms with E-state index in [9.17, 15) is 0 Å². The van der Waals surface area contributed by atoms with Crippen LogP contribution in [0.25, 0.3) is 64.6 Å². The normalized spacial score (nSPS) is 22.9. The van der Waals surface area contributed by atoms with Crippen molar-refractivity contribution in [2.75, 3.05) is 0 Å². The minimum Gasteiger partial charge on any atom is -0.260 e. The fraction of sp³-hybridized carbons (Fsp3) is 0.231. The molecule has 6 atom stereocenters. The average Bonchev–Trinajstić information content (AvgIpc) is 2.31. The van der Waals surface area contributed by atoms with Crippen LogP contribution in [0.5, 0.6) is 0 Å². The molecule has 0 saturated heterocycles. The van der Waals surface area contributed by atoms with Crippen molar-refractivity contribution in [3.05, 3.63) is 288 Å². The predicted octanol–water partition coefficient (Wildman–Crippen LogP) is 19.5. The first-order valence-corrected chi connectivity index (χ1v) is 30.8. The van der Waals surface area contributed by atoms with Crippen molar-refractivity contribution in [3.63, 3.8) is 0 Å². The molecule has 3 aliphatic carbocycles. The van der Waals surface area contributed by atoms with Gasteiger partial charge in [-0.1, -0.05) is 164 Å². The molecule has 3 aliphatic rings. The Kier molecular flexibility index (Phi) is 13.1. The molecular weight excluding hydrogens is 1020 g/mol. The summed E-state index contributed by atoms with van der Waals surface area (Å²) in [5, 5.41) is 15.1. The lowest BCUT2D eigenvalue weighted by molar-refractivity contribution is 0.335. The molecule has 0 N–H and O–H groups in total. The Morgan fingerprint density at radius 2 is 0.357 bits per heavy atom. The van der Waals surface area contributed by atoms with E-state index in [-0.39, 0.29) is 53.3 Å². The molecule has 0 aliphatic heterocycles. The molecule has 408 valence electrons. The van der Waals surface area contributed by atoms with Gasteiger partial charge < -0.3 is 0 Å². The highest BCUT2D eigenvalue weighted by Gasteiger charge is 2.40. The Balaban J connectivity index is 0.887. The Bertz CT molecular complexity index is 3840. The first-order chi connectivity index (χ1) is 41.6. The summed E-state index contributed by atoms with van der Waals surface area (Å²) in [4.78, 5) is 31.9. The van der Waals surface area contributed by atoms with Crippen LogP contribution in [-0.4, -0.2) is 29.9 Å². The summed E-state index contributed by atoms with van der Waals surface area (Å²) in [5.74, 6) is 2.10. The molecule has 6 unspecified atom stereocenters. The minimum atomic E-state index is 0.226. The molecule has 6 aromatic heterocycles. The third-order valence-corrected chi connectivity index (χ3v) is 20.1.